The maximum Gasteiger partial charge on any atom is 0.457 e. The van der Waals surface area contributed by atoms with Gasteiger partial charge >= 0.3 is 23.8 Å². The fraction of sp³-hybridized carbons (Fsp3) is 0. The van der Waals surface area contributed by atoms with Gasteiger partial charge in [0.1, 0.15) is 5.75 Å². The van der Waals surface area contributed by atoms with Crippen molar-refractivity contribution in [1.82, 2.24) is 4.86 Å². The molecule has 236 valence electrons. The van der Waals surface area contributed by atoms with Crippen LogP contribution in [0.25, 0.3) is 0 Å². The molecular weight excluding hydrogens is 645 g/mol. The number of nitrogens with two attached hydrogens (primary N) is 5. The zero-order chi connectivity index (χ0) is 32.1. The highest BCUT2D eigenvalue weighted by molar-refractivity contribution is 7.79. The Hall–Kier alpha value is -5.05. The summed E-state index contributed by atoms with van der Waals surface area (Å²) in [6, 6.07) is 34.6. The smallest absolute Gasteiger partial charge is 0.437 e. The van der Waals surface area contributed by atoms with Crippen LogP contribution in [0.3, 0.4) is 0 Å². The van der Waals surface area contributed by atoms with Gasteiger partial charge in [-0.05, 0) is 60.7 Å². The zero-order valence-corrected chi connectivity index (χ0v) is 26.9. The number of anilines is 5. The number of para-hydroxylation sites is 10. The molecule has 13 nitrogen and oxygen atoms in total. The molecule has 0 aromatic heterocycles. The van der Waals surface area contributed by atoms with Crippen LogP contribution in [0.5, 0.6) is 28.7 Å². The van der Waals surface area contributed by atoms with Gasteiger partial charge in [0, 0.05) is 0 Å². The van der Waals surface area contributed by atoms with Crippen LogP contribution in [0.4, 0.5) is 28.4 Å². The van der Waals surface area contributed by atoms with Gasteiger partial charge < -0.3 is 51.3 Å². The van der Waals surface area contributed by atoms with Crippen molar-refractivity contribution in [2.75, 3.05) is 28.7 Å². The van der Waals surface area contributed by atoms with Gasteiger partial charge in [-0.3, -0.25) is 0 Å². The summed E-state index contributed by atoms with van der Waals surface area (Å²) in [7, 11) is -9.86. The van der Waals surface area contributed by atoms with E-state index in [1.807, 2.05) is 0 Å². The van der Waals surface area contributed by atoms with Crippen LogP contribution in [0.15, 0.2) is 130 Å². The summed E-state index contributed by atoms with van der Waals surface area (Å²) in [5.41, 5.74) is 33.3. The van der Waals surface area contributed by atoms with Gasteiger partial charge in [-0.25, -0.2) is 0 Å². The molecule has 1 atom stereocenters. The summed E-state index contributed by atoms with van der Waals surface area (Å²) in [6.07, 6.45) is 0. The van der Waals surface area contributed by atoms with Gasteiger partial charge in [-0.15, -0.1) is 13.9 Å². The van der Waals surface area contributed by atoms with E-state index >= 15 is 0 Å². The average Bonchev–Trinajstić information content (AvgIpc) is 3.03. The van der Waals surface area contributed by atoms with E-state index in [-0.39, 0.29) is 23.0 Å². The van der Waals surface area contributed by atoms with E-state index < -0.39 is 23.8 Å². The molecule has 0 radical (unpaired) electrons. The minimum absolute atomic E-state index is 0.255. The standard InChI is InChI=1S/C30H31N8O5P3/c31-21-11-1-6-16-26(21)39-44-36-45(40-27-17-7-2-12-22(27)32,41-28-18-8-3-13-23(28)33)38-46(37-44,42-29-19-9-4-14-24(29)34)43-30-20-10-5-15-25(30)35/h1-20,36H,31-35H2. The second kappa shape index (κ2) is 13.1. The Bertz CT molecular complexity index is 1890. The highest BCUT2D eigenvalue weighted by Gasteiger charge is 2.46. The van der Waals surface area contributed by atoms with Gasteiger partial charge in [-0.1, -0.05) is 60.7 Å². The Kier molecular flexibility index (Phi) is 8.83. The highest BCUT2D eigenvalue weighted by atomic mass is 31.3. The average molecular weight is 677 g/mol. The first-order valence-electron chi connectivity index (χ1n) is 13.8. The molecule has 0 bridgehead atoms. The van der Waals surface area contributed by atoms with Crippen LogP contribution in [-0.2, 0) is 0 Å². The minimum atomic E-state index is -3.91. The van der Waals surface area contributed by atoms with Crippen molar-refractivity contribution >= 4 is 52.2 Å². The summed E-state index contributed by atoms with van der Waals surface area (Å²) < 4.78 is 42.7. The fourth-order valence-corrected chi connectivity index (χ4v) is 12.1. The predicted octanol–water partition coefficient (Wildman–Crippen LogP) is 8.01. The molecule has 0 fully saturated rings. The molecule has 1 unspecified atom stereocenters. The number of nitrogen functional groups attached to an aromatic ring is 5. The maximum atomic E-state index is 6.60. The molecule has 6 rings (SSSR count). The molecule has 0 saturated heterocycles. The molecule has 1 aliphatic rings. The van der Waals surface area contributed by atoms with Crippen molar-refractivity contribution in [3.63, 3.8) is 0 Å². The second-order valence-corrected chi connectivity index (χ2v) is 15.4. The Morgan fingerprint density at radius 3 is 1.15 bits per heavy atom. The molecule has 0 amide bonds. The van der Waals surface area contributed by atoms with Crippen LogP contribution in [0.2, 0.25) is 0 Å². The molecule has 11 N–H and O–H groups in total. The highest BCUT2D eigenvalue weighted by Crippen LogP contribution is 2.73. The van der Waals surface area contributed by atoms with Crippen molar-refractivity contribution in [2.24, 2.45) is 9.03 Å². The van der Waals surface area contributed by atoms with E-state index in [4.69, 9.17) is 60.3 Å². The molecule has 5 aromatic rings. The molecular formula is C30H31N8O5P3. The monoisotopic (exact) mass is 676 g/mol. The fourth-order valence-electron chi connectivity index (χ4n) is 4.08. The van der Waals surface area contributed by atoms with Crippen LogP contribution in [0.1, 0.15) is 0 Å². The third-order valence-corrected chi connectivity index (χ3v) is 13.5. The van der Waals surface area contributed by atoms with E-state index in [0.29, 0.717) is 34.2 Å². The summed E-state index contributed by atoms with van der Waals surface area (Å²) in [4.78, 5) is 3.26. The van der Waals surface area contributed by atoms with E-state index in [1.165, 1.54) is 0 Å². The summed E-state index contributed by atoms with van der Waals surface area (Å²) in [6.45, 7) is 0. The number of nitrogens with zero attached hydrogens (tertiary/aromatic N) is 2. The lowest BCUT2D eigenvalue weighted by Crippen LogP contribution is -2.21. The third kappa shape index (κ3) is 6.93. The van der Waals surface area contributed by atoms with Gasteiger partial charge in [0.15, 0.2) is 23.0 Å². The van der Waals surface area contributed by atoms with Crippen molar-refractivity contribution in [2.45, 2.75) is 0 Å². The van der Waals surface area contributed by atoms with Crippen molar-refractivity contribution in [1.29, 1.82) is 0 Å². The molecule has 16 heteroatoms. The zero-order valence-electron chi connectivity index (χ0n) is 24.2. The first-order chi connectivity index (χ1) is 22.2. The Balaban J connectivity index is 1.61. The Labute approximate surface area is 267 Å². The Morgan fingerprint density at radius 2 is 0.783 bits per heavy atom. The van der Waals surface area contributed by atoms with E-state index in [0.717, 1.165) is 0 Å². The van der Waals surface area contributed by atoms with Crippen molar-refractivity contribution in [3.05, 3.63) is 121 Å². The largest absolute Gasteiger partial charge is 0.457 e. The van der Waals surface area contributed by atoms with Crippen molar-refractivity contribution in [3.8, 4) is 28.7 Å². The van der Waals surface area contributed by atoms with E-state index in [2.05, 4.69) is 4.86 Å². The van der Waals surface area contributed by atoms with Crippen LogP contribution in [-0.4, -0.2) is 0 Å². The third-order valence-electron chi connectivity index (χ3n) is 6.30. The molecule has 1 heterocycles. The molecule has 0 aliphatic carbocycles. The number of rotatable bonds is 10. The molecule has 0 spiro atoms. The van der Waals surface area contributed by atoms with Gasteiger partial charge in [0.05, 0.1) is 28.4 Å². The van der Waals surface area contributed by atoms with Gasteiger partial charge in [0.25, 0.3) is 0 Å². The normalized spacial score (nSPS) is 16.2. The number of benzene rings is 5. The summed E-state index contributed by atoms with van der Waals surface area (Å²) >= 11 is 0. The Morgan fingerprint density at radius 1 is 0.457 bits per heavy atom. The second-order valence-electron chi connectivity index (χ2n) is 9.71. The van der Waals surface area contributed by atoms with Crippen LogP contribution >= 0.6 is 23.8 Å². The minimum Gasteiger partial charge on any atom is -0.437 e. The van der Waals surface area contributed by atoms with Gasteiger partial charge in [-0.2, -0.15) is 0 Å². The molecule has 0 saturated carbocycles. The summed E-state index contributed by atoms with van der Waals surface area (Å²) in [5, 5.41) is 0. The summed E-state index contributed by atoms with van der Waals surface area (Å²) in [5.74, 6) is 1.40. The molecule has 1 aliphatic heterocycles. The lowest BCUT2D eigenvalue weighted by Gasteiger charge is -2.34. The molecule has 5 aromatic carbocycles. The van der Waals surface area contributed by atoms with Crippen LogP contribution in [0, 0.1) is 0 Å². The lowest BCUT2D eigenvalue weighted by atomic mass is 10.3. The lowest BCUT2D eigenvalue weighted by molar-refractivity contribution is 0.454. The topological polar surface area (TPSA) is 213 Å². The maximum absolute atomic E-state index is 6.60. The SMILES string of the molecule is Nc1ccccc1OP1N=P(Oc2ccccc2N)(Oc2ccccc2N)N=P(Oc2ccccc2N)(Oc2ccccc2N)N1. The van der Waals surface area contributed by atoms with E-state index in [9.17, 15) is 0 Å². The van der Waals surface area contributed by atoms with Crippen LogP contribution < -0.4 is 56.1 Å². The van der Waals surface area contributed by atoms with E-state index in [1.54, 1.807) is 121 Å². The van der Waals surface area contributed by atoms with Crippen molar-refractivity contribution < 1.29 is 22.6 Å². The quantitative estimate of drug-likeness (QED) is 0.0615. The predicted molar refractivity (Wildman–Crippen MR) is 186 cm³/mol. The number of hydrogen-bond donors (Lipinski definition) is 6. The first kappa shape index (κ1) is 31.0. The first-order valence-corrected chi connectivity index (χ1v) is 18.1. The number of nitrogens with one attached hydrogen (secondary N) is 1. The molecule has 46 heavy (non-hydrogen) atoms. The number of hydrogen-bond acceptors (Lipinski definition) is 13. The van der Waals surface area contributed by atoms with Gasteiger partial charge in [0.2, 0.25) is 0 Å².